The number of halogens is 2. The van der Waals surface area contributed by atoms with E-state index < -0.39 is 11.0 Å². The molecular weight excluding hydrogens is 363 g/mol. The highest BCUT2D eigenvalue weighted by molar-refractivity contribution is 6.32. The third kappa shape index (κ3) is 4.40. The van der Waals surface area contributed by atoms with Crippen LogP contribution in [0.15, 0.2) is 24.3 Å². The maximum absolute atomic E-state index is 12.6. The molecule has 5 nitrogen and oxygen atoms in total. The van der Waals surface area contributed by atoms with Gasteiger partial charge in [0.2, 0.25) is 5.91 Å². The zero-order chi connectivity index (χ0) is 18.0. The van der Waals surface area contributed by atoms with Gasteiger partial charge in [0.25, 0.3) is 0 Å². The zero-order valence-corrected chi connectivity index (χ0v) is 16.7. The quantitative estimate of drug-likeness (QED) is 0.749. The summed E-state index contributed by atoms with van der Waals surface area (Å²) in [7, 11) is 0. The summed E-state index contributed by atoms with van der Waals surface area (Å²) < 4.78 is 11.4. The van der Waals surface area contributed by atoms with Crippen LogP contribution in [0, 0.1) is 5.41 Å². The van der Waals surface area contributed by atoms with Crippen LogP contribution >= 0.6 is 24.0 Å². The number of carbonyl (C=O) groups is 1. The minimum Gasteiger partial charge on any atom is -0.487 e. The van der Waals surface area contributed by atoms with Gasteiger partial charge in [-0.25, -0.2) is 0 Å². The van der Waals surface area contributed by atoms with Gasteiger partial charge in [-0.05, 0) is 26.0 Å². The minimum absolute atomic E-state index is 0. The van der Waals surface area contributed by atoms with Crippen molar-refractivity contribution in [3.05, 3.63) is 29.3 Å². The third-order valence-corrected chi connectivity index (χ3v) is 5.26. The summed E-state index contributed by atoms with van der Waals surface area (Å²) in [5, 5.41) is 3.44. The summed E-state index contributed by atoms with van der Waals surface area (Å²) in [5.74, 6) is 0.432. The molecule has 1 aliphatic rings. The summed E-state index contributed by atoms with van der Waals surface area (Å²) in [6.07, 6.45) is 0.317. The first kappa shape index (κ1) is 22.0. The normalized spacial score (nSPS) is 25.3. The van der Waals surface area contributed by atoms with Crippen molar-refractivity contribution in [3.8, 4) is 5.75 Å². The first-order valence-electron chi connectivity index (χ1n) is 8.32. The largest absolute Gasteiger partial charge is 0.487 e. The lowest BCUT2D eigenvalue weighted by molar-refractivity contribution is -0.170. The van der Waals surface area contributed by atoms with E-state index in [9.17, 15) is 4.79 Å². The molecule has 25 heavy (non-hydrogen) atoms. The van der Waals surface area contributed by atoms with E-state index in [1.54, 1.807) is 12.1 Å². The zero-order valence-electron chi connectivity index (χ0n) is 15.2. The number of benzene rings is 1. The van der Waals surface area contributed by atoms with Crippen molar-refractivity contribution in [1.82, 2.24) is 5.32 Å². The molecule has 0 saturated heterocycles. The number of hydrogen-bond donors (Lipinski definition) is 2. The fraction of sp³-hybridized carbons (Fsp3) is 0.611. The molecule has 1 fully saturated rings. The van der Waals surface area contributed by atoms with E-state index in [4.69, 9.17) is 26.8 Å². The van der Waals surface area contributed by atoms with Gasteiger partial charge < -0.3 is 20.5 Å². The van der Waals surface area contributed by atoms with Crippen LogP contribution in [0.1, 0.15) is 34.1 Å². The number of carbonyl (C=O) groups excluding carboxylic acids is 1. The van der Waals surface area contributed by atoms with Crippen LogP contribution in [0.2, 0.25) is 5.02 Å². The van der Waals surface area contributed by atoms with E-state index in [1.165, 1.54) is 0 Å². The molecular formula is C18H28Cl2N2O3. The van der Waals surface area contributed by atoms with Crippen LogP contribution < -0.4 is 15.8 Å². The van der Waals surface area contributed by atoms with Crippen LogP contribution in [0.25, 0.3) is 0 Å². The fourth-order valence-corrected chi connectivity index (χ4v) is 3.19. The predicted octanol–water partition coefficient (Wildman–Crippen LogP) is 3.18. The Morgan fingerprint density at radius 3 is 2.64 bits per heavy atom. The topological polar surface area (TPSA) is 73.6 Å². The molecule has 2 rings (SSSR count). The first-order chi connectivity index (χ1) is 11.2. The second-order valence-corrected chi connectivity index (χ2v) is 7.32. The Labute approximate surface area is 161 Å². The Morgan fingerprint density at radius 1 is 1.44 bits per heavy atom. The number of amides is 1. The lowest BCUT2D eigenvalue weighted by Crippen LogP contribution is -2.76. The molecule has 0 aliphatic heterocycles. The Hall–Kier alpha value is -1.01. The molecule has 1 aromatic carbocycles. The molecule has 0 spiro atoms. The second-order valence-electron chi connectivity index (χ2n) is 6.91. The molecule has 142 valence electrons. The van der Waals surface area contributed by atoms with Crippen LogP contribution in [0.5, 0.6) is 5.75 Å². The van der Waals surface area contributed by atoms with Crippen molar-refractivity contribution in [3.63, 3.8) is 0 Å². The summed E-state index contributed by atoms with van der Waals surface area (Å²) in [6, 6.07) is 7.26. The van der Waals surface area contributed by atoms with Gasteiger partial charge in [-0.1, -0.05) is 37.6 Å². The molecule has 3 unspecified atom stereocenters. The molecule has 0 heterocycles. The van der Waals surface area contributed by atoms with Gasteiger partial charge in [0, 0.05) is 18.4 Å². The lowest BCUT2D eigenvalue weighted by atomic mass is 9.54. The monoisotopic (exact) mass is 390 g/mol. The van der Waals surface area contributed by atoms with Crippen molar-refractivity contribution in [1.29, 1.82) is 0 Å². The molecule has 1 amide bonds. The molecule has 0 aromatic heterocycles. The summed E-state index contributed by atoms with van der Waals surface area (Å²) in [6.45, 7) is 8.75. The molecule has 1 aromatic rings. The second kappa shape index (κ2) is 8.58. The Bertz CT molecular complexity index is 597. The standard InChI is InChI=1S/C18H27ClN2O3.ClH/c1-5-23-15-10-18(20,17(15,3)4)16(22)21-11-12(2)24-14-9-7-6-8-13(14)19;/h6-9,12,15H,5,10-11,20H2,1-4H3,(H,21,22);1H. The van der Waals surface area contributed by atoms with Gasteiger partial charge in [0.05, 0.1) is 17.7 Å². The van der Waals surface area contributed by atoms with Crippen molar-refractivity contribution in [2.45, 2.75) is 51.9 Å². The van der Waals surface area contributed by atoms with E-state index in [2.05, 4.69) is 5.32 Å². The molecule has 7 heteroatoms. The summed E-state index contributed by atoms with van der Waals surface area (Å²) in [4.78, 5) is 12.6. The van der Waals surface area contributed by atoms with Gasteiger partial charge in [0.1, 0.15) is 17.4 Å². The van der Waals surface area contributed by atoms with Gasteiger partial charge in [-0.15, -0.1) is 12.4 Å². The van der Waals surface area contributed by atoms with Crippen LogP contribution in [0.3, 0.4) is 0 Å². The van der Waals surface area contributed by atoms with E-state index in [0.717, 1.165) is 0 Å². The molecule has 1 aliphatic carbocycles. The molecule has 0 radical (unpaired) electrons. The summed E-state index contributed by atoms with van der Waals surface area (Å²) in [5.41, 5.74) is 5.03. The van der Waals surface area contributed by atoms with E-state index in [-0.39, 0.29) is 30.5 Å². The highest BCUT2D eigenvalue weighted by Crippen LogP contribution is 2.49. The first-order valence-corrected chi connectivity index (χ1v) is 8.70. The minimum atomic E-state index is -0.920. The molecule has 3 N–H and O–H groups in total. The average Bonchev–Trinajstić information content (AvgIpc) is 2.54. The van der Waals surface area contributed by atoms with Gasteiger partial charge in [-0.2, -0.15) is 0 Å². The van der Waals surface area contributed by atoms with E-state index >= 15 is 0 Å². The van der Waals surface area contributed by atoms with Crippen molar-refractivity contribution in [2.24, 2.45) is 11.1 Å². The number of nitrogens with one attached hydrogen (secondary N) is 1. The number of nitrogens with two attached hydrogens (primary N) is 1. The smallest absolute Gasteiger partial charge is 0.240 e. The van der Waals surface area contributed by atoms with Gasteiger partial charge >= 0.3 is 0 Å². The Kier molecular flexibility index (Phi) is 7.56. The molecule has 1 saturated carbocycles. The number of para-hydroxylation sites is 1. The van der Waals surface area contributed by atoms with Crippen LogP contribution in [0.4, 0.5) is 0 Å². The molecule has 3 atom stereocenters. The maximum Gasteiger partial charge on any atom is 0.240 e. The van der Waals surface area contributed by atoms with Crippen molar-refractivity contribution >= 4 is 29.9 Å². The predicted molar refractivity (Wildman–Crippen MR) is 103 cm³/mol. The van der Waals surface area contributed by atoms with Gasteiger partial charge in [-0.3, -0.25) is 4.79 Å². The van der Waals surface area contributed by atoms with Crippen molar-refractivity contribution < 1.29 is 14.3 Å². The summed E-state index contributed by atoms with van der Waals surface area (Å²) >= 11 is 6.07. The Balaban J connectivity index is 0.00000312. The maximum atomic E-state index is 12.6. The van der Waals surface area contributed by atoms with E-state index in [0.29, 0.717) is 30.3 Å². The third-order valence-electron chi connectivity index (χ3n) is 4.95. The van der Waals surface area contributed by atoms with E-state index in [1.807, 2.05) is 39.8 Å². The lowest BCUT2D eigenvalue weighted by Gasteiger charge is -2.57. The highest BCUT2D eigenvalue weighted by Gasteiger charge is 2.62. The average molecular weight is 391 g/mol. The SMILES string of the molecule is CCOC1CC(N)(C(=O)NCC(C)Oc2ccccc2Cl)C1(C)C.Cl. The number of hydrogen-bond acceptors (Lipinski definition) is 4. The Morgan fingerprint density at radius 2 is 2.08 bits per heavy atom. The van der Waals surface area contributed by atoms with Crippen molar-refractivity contribution in [2.75, 3.05) is 13.2 Å². The van der Waals surface area contributed by atoms with Crippen LogP contribution in [-0.4, -0.2) is 36.8 Å². The highest BCUT2D eigenvalue weighted by atomic mass is 35.5. The fourth-order valence-electron chi connectivity index (χ4n) is 3.01. The molecule has 0 bridgehead atoms. The number of ether oxygens (including phenoxy) is 2. The number of rotatable bonds is 7. The van der Waals surface area contributed by atoms with Gasteiger partial charge in [0.15, 0.2) is 0 Å². The van der Waals surface area contributed by atoms with Crippen LogP contribution in [-0.2, 0) is 9.53 Å².